The van der Waals surface area contributed by atoms with E-state index in [2.05, 4.69) is 56.9 Å². The third-order valence-corrected chi connectivity index (χ3v) is 3.41. The van der Waals surface area contributed by atoms with Gasteiger partial charge in [0.25, 0.3) is 0 Å². The van der Waals surface area contributed by atoms with Crippen LogP contribution in [-0.4, -0.2) is 29.6 Å². The van der Waals surface area contributed by atoms with E-state index in [1.165, 1.54) is 19.3 Å². The molecule has 0 amide bonds. The quantitative estimate of drug-likeness (QED) is 0.779. The summed E-state index contributed by atoms with van der Waals surface area (Å²) in [6, 6.07) is 0.428. The van der Waals surface area contributed by atoms with Gasteiger partial charge in [0.2, 0.25) is 5.95 Å². The highest BCUT2D eigenvalue weighted by Gasteiger charge is 2.15. The standard InChI is InChI=1S/C13H23BrN4/c1-5-6-7-8-18(10(2)3)12-11(14)9-16-13(15-4)17-12/h9-10H,5-8H2,1-4H3,(H,15,16,17). The molecule has 0 aliphatic carbocycles. The van der Waals surface area contributed by atoms with E-state index in [9.17, 15) is 0 Å². The van der Waals surface area contributed by atoms with Crippen molar-refractivity contribution in [3.63, 3.8) is 0 Å². The van der Waals surface area contributed by atoms with Crippen LogP contribution >= 0.6 is 15.9 Å². The predicted octanol–water partition coefficient (Wildman–Crippen LogP) is 3.69. The van der Waals surface area contributed by atoms with Gasteiger partial charge < -0.3 is 10.2 Å². The maximum Gasteiger partial charge on any atom is 0.224 e. The highest BCUT2D eigenvalue weighted by atomic mass is 79.9. The molecule has 0 aliphatic rings. The molecule has 0 radical (unpaired) electrons. The lowest BCUT2D eigenvalue weighted by molar-refractivity contribution is 0.618. The number of anilines is 2. The molecule has 1 N–H and O–H groups in total. The minimum absolute atomic E-state index is 0.428. The first-order chi connectivity index (χ1) is 8.60. The Labute approximate surface area is 118 Å². The topological polar surface area (TPSA) is 41.1 Å². The van der Waals surface area contributed by atoms with Crippen molar-refractivity contribution in [2.45, 2.75) is 46.1 Å². The van der Waals surface area contributed by atoms with E-state index in [1.807, 2.05) is 13.2 Å². The highest BCUT2D eigenvalue weighted by Crippen LogP contribution is 2.26. The van der Waals surface area contributed by atoms with Gasteiger partial charge in [0.1, 0.15) is 5.82 Å². The predicted molar refractivity (Wildman–Crippen MR) is 81.3 cm³/mol. The fourth-order valence-electron chi connectivity index (χ4n) is 1.82. The average Bonchev–Trinajstić information content (AvgIpc) is 2.35. The first kappa shape index (κ1) is 15.2. The molecule has 0 spiro atoms. The third-order valence-electron chi connectivity index (χ3n) is 2.85. The van der Waals surface area contributed by atoms with Gasteiger partial charge in [-0.15, -0.1) is 0 Å². The summed E-state index contributed by atoms with van der Waals surface area (Å²) in [4.78, 5) is 11.1. The summed E-state index contributed by atoms with van der Waals surface area (Å²) in [6.07, 6.45) is 5.49. The zero-order valence-corrected chi connectivity index (χ0v) is 13.3. The Bertz CT molecular complexity index is 368. The molecule has 0 aliphatic heterocycles. The smallest absolute Gasteiger partial charge is 0.224 e. The van der Waals surface area contributed by atoms with Crippen LogP contribution in [0, 0.1) is 0 Å². The molecule has 0 bridgehead atoms. The van der Waals surface area contributed by atoms with E-state index in [-0.39, 0.29) is 0 Å². The van der Waals surface area contributed by atoms with Crippen molar-refractivity contribution in [1.29, 1.82) is 0 Å². The van der Waals surface area contributed by atoms with E-state index in [1.54, 1.807) is 0 Å². The molecular formula is C13H23BrN4. The van der Waals surface area contributed by atoms with Gasteiger partial charge in [-0.05, 0) is 36.2 Å². The van der Waals surface area contributed by atoms with Crippen LogP contribution in [0.1, 0.15) is 40.0 Å². The third kappa shape index (κ3) is 4.12. The van der Waals surface area contributed by atoms with E-state index in [0.717, 1.165) is 16.8 Å². The molecule has 0 aromatic carbocycles. The van der Waals surface area contributed by atoms with Gasteiger partial charge in [-0.2, -0.15) is 4.98 Å². The average molecular weight is 315 g/mol. The van der Waals surface area contributed by atoms with Gasteiger partial charge in [-0.3, -0.25) is 0 Å². The summed E-state index contributed by atoms with van der Waals surface area (Å²) in [5.74, 6) is 1.63. The molecule has 102 valence electrons. The minimum atomic E-state index is 0.428. The maximum atomic E-state index is 4.55. The molecule has 1 heterocycles. The summed E-state index contributed by atoms with van der Waals surface area (Å²) >= 11 is 3.54. The first-order valence-corrected chi connectivity index (χ1v) is 7.36. The van der Waals surface area contributed by atoms with Gasteiger partial charge in [0.05, 0.1) is 4.47 Å². The lowest BCUT2D eigenvalue weighted by Gasteiger charge is -2.28. The zero-order valence-electron chi connectivity index (χ0n) is 11.7. The summed E-state index contributed by atoms with van der Waals surface area (Å²) in [5, 5.41) is 2.99. The highest BCUT2D eigenvalue weighted by molar-refractivity contribution is 9.10. The first-order valence-electron chi connectivity index (χ1n) is 6.57. The van der Waals surface area contributed by atoms with Crippen LogP contribution in [0.5, 0.6) is 0 Å². The SMILES string of the molecule is CCCCCN(c1nc(NC)ncc1Br)C(C)C. The van der Waals surface area contributed by atoms with E-state index < -0.39 is 0 Å². The normalized spacial score (nSPS) is 10.8. The van der Waals surface area contributed by atoms with Crippen molar-refractivity contribution in [1.82, 2.24) is 9.97 Å². The second-order valence-electron chi connectivity index (χ2n) is 4.61. The minimum Gasteiger partial charge on any atom is -0.357 e. The Morgan fingerprint density at radius 1 is 1.39 bits per heavy atom. The number of hydrogen-bond donors (Lipinski definition) is 1. The van der Waals surface area contributed by atoms with Crippen LogP contribution in [0.3, 0.4) is 0 Å². The number of unbranched alkanes of at least 4 members (excludes halogenated alkanes) is 2. The number of aromatic nitrogens is 2. The molecule has 0 unspecified atom stereocenters. The Morgan fingerprint density at radius 3 is 2.67 bits per heavy atom. The Balaban J connectivity index is 2.90. The van der Waals surface area contributed by atoms with Crippen LogP contribution in [0.15, 0.2) is 10.7 Å². The summed E-state index contributed by atoms with van der Waals surface area (Å²) in [5.41, 5.74) is 0. The molecule has 0 saturated carbocycles. The largest absolute Gasteiger partial charge is 0.357 e. The molecule has 0 atom stereocenters. The fraction of sp³-hybridized carbons (Fsp3) is 0.692. The van der Waals surface area contributed by atoms with Crippen molar-refractivity contribution in [2.24, 2.45) is 0 Å². The van der Waals surface area contributed by atoms with Crippen LogP contribution in [0.2, 0.25) is 0 Å². The van der Waals surface area contributed by atoms with Crippen molar-refractivity contribution < 1.29 is 0 Å². The molecule has 1 rings (SSSR count). The van der Waals surface area contributed by atoms with E-state index in [4.69, 9.17) is 0 Å². The van der Waals surface area contributed by atoms with Gasteiger partial charge in [-0.25, -0.2) is 4.98 Å². The molecule has 4 nitrogen and oxygen atoms in total. The van der Waals surface area contributed by atoms with Crippen molar-refractivity contribution in [3.05, 3.63) is 10.7 Å². The summed E-state index contributed by atoms with van der Waals surface area (Å²) in [7, 11) is 1.84. The molecular weight excluding hydrogens is 292 g/mol. The van der Waals surface area contributed by atoms with Gasteiger partial charge >= 0.3 is 0 Å². The van der Waals surface area contributed by atoms with Gasteiger partial charge in [-0.1, -0.05) is 19.8 Å². The van der Waals surface area contributed by atoms with Crippen LogP contribution in [0.4, 0.5) is 11.8 Å². The Hall–Kier alpha value is -0.840. The molecule has 0 saturated heterocycles. The second kappa shape index (κ2) is 7.56. The maximum absolute atomic E-state index is 4.55. The number of nitrogens with one attached hydrogen (secondary N) is 1. The Morgan fingerprint density at radius 2 is 2.11 bits per heavy atom. The van der Waals surface area contributed by atoms with Crippen molar-refractivity contribution >= 4 is 27.7 Å². The van der Waals surface area contributed by atoms with Gasteiger partial charge in [0, 0.05) is 25.8 Å². The summed E-state index contributed by atoms with van der Waals surface area (Å²) in [6.45, 7) is 7.64. The number of hydrogen-bond acceptors (Lipinski definition) is 4. The number of rotatable bonds is 7. The number of nitrogens with zero attached hydrogens (tertiary/aromatic N) is 3. The second-order valence-corrected chi connectivity index (χ2v) is 5.46. The van der Waals surface area contributed by atoms with E-state index in [0.29, 0.717) is 12.0 Å². The van der Waals surface area contributed by atoms with Crippen LogP contribution in [-0.2, 0) is 0 Å². The molecule has 5 heteroatoms. The van der Waals surface area contributed by atoms with Crippen molar-refractivity contribution in [3.8, 4) is 0 Å². The van der Waals surface area contributed by atoms with Crippen LogP contribution in [0.25, 0.3) is 0 Å². The van der Waals surface area contributed by atoms with Gasteiger partial charge in [0.15, 0.2) is 0 Å². The fourth-order valence-corrected chi connectivity index (χ4v) is 2.24. The number of halogens is 1. The lowest BCUT2D eigenvalue weighted by Crippen LogP contribution is -2.33. The monoisotopic (exact) mass is 314 g/mol. The Kier molecular flexibility index (Phi) is 6.39. The zero-order chi connectivity index (χ0) is 13.5. The molecule has 18 heavy (non-hydrogen) atoms. The molecule has 0 fully saturated rings. The van der Waals surface area contributed by atoms with Crippen LogP contribution < -0.4 is 10.2 Å². The summed E-state index contributed by atoms with van der Waals surface area (Å²) < 4.78 is 0.951. The molecule has 1 aromatic rings. The lowest BCUT2D eigenvalue weighted by atomic mass is 10.2. The van der Waals surface area contributed by atoms with Crippen molar-refractivity contribution in [2.75, 3.05) is 23.8 Å². The molecule has 1 aromatic heterocycles. The van der Waals surface area contributed by atoms with E-state index >= 15 is 0 Å².